The zero-order valence-corrected chi connectivity index (χ0v) is 14.2. The van der Waals surface area contributed by atoms with Gasteiger partial charge in [-0.1, -0.05) is 47.7 Å². The number of carbonyl (C=O) groups is 1. The summed E-state index contributed by atoms with van der Waals surface area (Å²) in [6.07, 6.45) is 5.18. The van der Waals surface area contributed by atoms with Crippen molar-refractivity contribution in [2.24, 2.45) is 0 Å². The standard InChI is InChI=1S/C21H16ClNO2/c22-19-9-10-20-18(14-19)13-17(15-25-20)8-11-21(24)23-12-4-7-16-5-2-1-3-6-16/h1-3,5-6,8-11,13-14H,12,15H2,(H,23,24)/b11-8+. The van der Waals surface area contributed by atoms with E-state index in [1.807, 2.05) is 48.5 Å². The van der Waals surface area contributed by atoms with Gasteiger partial charge >= 0.3 is 0 Å². The Hall–Kier alpha value is -2.96. The van der Waals surface area contributed by atoms with Crippen molar-refractivity contribution in [2.45, 2.75) is 0 Å². The van der Waals surface area contributed by atoms with Crippen LogP contribution in [0.25, 0.3) is 6.08 Å². The highest BCUT2D eigenvalue weighted by Crippen LogP contribution is 2.29. The van der Waals surface area contributed by atoms with Crippen molar-refractivity contribution in [3.8, 4) is 17.6 Å². The molecule has 1 aliphatic rings. The Morgan fingerprint density at radius 1 is 1.24 bits per heavy atom. The minimum Gasteiger partial charge on any atom is -0.488 e. The Labute approximate surface area is 152 Å². The van der Waals surface area contributed by atoms with Gasteiger partial charge in [0, 0.05) is 22.2 Å². The van der Waals surface area contributed by atoms with Crippen LogP contribution in [0.4, 0.5) is 0 Å². The lowest BCUT2D eigenvalue weighted by molar-refractivity contribution is -0.116. The molecule has 0 bridgehead atoms. The predicted molar refractivity (Wildman–Crippen MR) is 100 cm³/mol. The van der Waals surface area contributed by atoms with Crippen LogP contribution < -0.4 is 10.1 Å². The maximum atomic E-state index is 11.8. The zero-order valence-electron chi connectivity index (χ0n) is 13.5. The van der Waals surface area contributed by atoms with Crippen LogP contribution in [0.3, 0.4) is 0 Å². The monoisotopic (exact) mass is 349 g/mol. The van der Waals surface area contributed by atoms with E-state index in [4.69, 9.17) is 16.3 Å². The van der Waals surface area contributed by atoms with E-state index in [-0.39, 0.29) is 5.91 Å². The Morgan fingerprint density at radius 2 is 2.08 bits per heavy atom. The number of benzene rings is 2. The molecule has 0 saturated heterocycles. The highest BCUT2D eigenvalue weighted by molar-refractivity contribution is 6.30. The third kappa shape index (κ3) is 5.00. The van der Waals surface area contributed by atoms with Gasteiger partial charge in [-0.25, -0.2) is 0 Å². The topological polar surface area (TPSA) is 38.3 Å². The smallest absolute Gasteiger partial charge is 0.244 e. The van der Waals surface area contributed by atoms with Gasteiger partial charge in [0.05, 0.1) is 6.54 Å². The molecule has 0 fully saturated rings. The van der Waals surface area contributed by atoms with E-state index in [0.717, 1.165) is 22.4 Å². The summed E-state index contributed by atoms with van der Waals surface area (Å²) in [5, 5.41) is 3.38. The molecule has 0 spiro atoms. The molecule has 3 rings (SSSR count). The highest BCUT2D eigenvalue weighted by atomic mass is 35.5. The van der Waals surface area contributed by atoms with E-state index in [1.165, 1.54) is 6.08 Å². The number of nitrogens with one attached hydrogen (secondary N) is 1. The summed E-state index contributed by atoms with van der Waals surface area (Å²) < 4.78 is 5.64. The van der Waals surface area contributed by atoms with Gasteiger partial charge in [-0.3, -0.25) is 4.79 Å². The third-order valence-electron chi connectivity index (χ3n) is 3.51. The quantitative estimate of drug-likeness (QED) is 0.675. The maximum Gasteiger partial charge on any atom is 0.244 e. The van der Waals surface area contributed by atoms with Crippen LogP contribution in [0.5, 0.6) is 5.75 Å². The fourth-order valence-electron chi connectivity index (χ4n) is 2.30. The summed E-state index contributed by atoms with van der Waals surface area (Å²) >= 11 is 5.99. The van der Waals surface area contributed by atoms with Crippen LogP contribution in [0.15, 0.2) is 66.3 Å². The zero-order chi connectivity index (χ0) is 17.5. The normalized spacial score (nSPS) is 12.4. The average molecular weight is 350 g/mol. The number of ether oxygens (including phenoxy) is 1. The van der Waals surface area contributed by atoms with Crippen molar-refractivity contribution >= 4 is 23.6 Å². The lowest BCUT2D eigenvalue weighted by Gasteiger charge is -2.16. The predicted octanol–water partition coefficient (Wildman–Crippen LogP) is 3.84. The van der Waals surface area contributed by atoms with Gasteiger partial charge in [0.2, 0.25) is 5.91 Å². The molecule has 0 unspecified atom stereocenters. The second kappa shape index (κ2) is 8.23. The summed E-state index contributed by atoms with van der Waals surface area (Å²) in [7, 11) is 0. The Bertz CT molecular complexity index is 889. The van der Waals surface area contributed by atoms with Crippen LogP contribution in [-0.4, -0.2) is 19.1 Å². The molecule has 1 amide bonds. The van der Waals surface area contributed by atoms with Crippen molar-refractivity contribution in [1.29, 1.82) is 0 Å². The summed E-state index contributed by atoms with van der Waals surface area (Å²) in [4.78, 5) is 11.8. The Morgan fingerprint density at radius 3 is 2.92 bits per heavy atom. The minimum absolute atomic E-state index is 0.194. The average Bonchev–Trinajstić information content (AvgIpc) is 2.64. The lowest BCUT2D eigenvalue weighted by atomic mass is 10.1. The summed E-state index contributed by atoms with van der Waals surface area (Å²) in [6, 6.07) is 15.1. The van der Waals surface area contributed by atoms with Crippen LogP contribution in [0, 0.1) is 11.8 Å². The minimum atomic E-state index is -0.194. The van der Waals surface area contributed by atoms with E-state index in [0.29, 0.717) is 18.2 Å². The molecule has 0 aliphatic carbocycles. The number of amides is 1. The Balaban J connectivity index is 1.54. The van der Waals surface area contributed by atoms with Gasteiger partial charge in [0.25, 0.3) is 0 Å². The highest BCUT2D eigenvalue weighted by Gasteiger charge is 2.10. The molecule has 0 radical (unpaired) electrons. The van der Waals surface area contributed by atoms with Gasteiger partial charge in [-0.05, 0) is 42.0 Å². The Kier molecular flexibility index (Phi) is 5.56. The number of hydrogen-bond acceptors (Lipinski definition) is 2. The summed E-state index contributed by atoms with van der Waals surface area (Å²) in [5.74, 6) is 6.51. The molecule has 1 heterocycles. The van der Waals surface area contributed by atoms with E-state index in [9.17, 15) is 4.79 Å². The van der Waals surface area contributed by atoms with E-state index < -0.39 is 0 Å². The molecule has 0 aromatic heterocycles. The SMILES string of the molecule is O=C(/C=C/C1=Cc2cc(Cl)ccc2OC1)NCC#Cc1ccccc1. The van der Waals surface area contributed by atoms with Crippen molar-refractivity contribution < 1.29 is 9.53 Å². The van der Waals surface area contributed by atoms with Crippen LogP contribution in [0.1, 0.15) is 11.1 Å². The van der Waals surface area contributed by atoms with Crippen LogP contribution in [0.2, 0.25) is 5.02 Å². The molecule has 124 valence electrons. The van der Waals surface area contributed by atoms with E-state index in [1.54, 1.807) is 12.1 Å². The van der Waals surface area contributed by atoms with Gasteiger partial charge in [0.15, 0.2) is 0 Å². The fraction of sp³-hybridized carbons (Fsp3) is 0.0952. The molecule has 2 aromatic rings. The van der Waals surface area contributed by atoms with Crippen molar-refractivity contribution in [3.63, 3.8) is 0 Å². The third-order valence-corrected chi connectivity index (χ3v) is 3.75. The van der Waals surface area contributed by atoms with Gasteiger partial charge in [-0.15, -0.1) is 0 Å². The first kappa shape index (κ1) is 16.9. The first-order valence-electron chi connectivity index (χ1n) is 7.83. The molecule has 0 atom stereocenters. The molecule has 1 aliphatic heterocycles. The molecule has 0 saturated carbocycles. The summed E-state index contributed by atoms with van der Waals surface area (Å²) in [5.41, 5.74) is 2.74. The first-order valence-corrected chi connectivity index (χ1v) is 8.21. The second-order valence-corrected chi connectivity index (χ2v) is 5.85. The molecule has 4 heteroatoms. The van der Waals surface area contributed by atoms with Crippen molar-refractivity contribution in [3.05, 3.63) is 82.4 Å². The number of carbonyl (C=O) groups excluding carboxylic acids is 1. The van der Waals surface area contributed by atoms with Crippen LogP contribution >= 0.6 is 11.6 Å². The van der Waals surface area contributed by atoms with Gasteiger partial charge in [-0.2, -0.15) is 0 Å². The lowest BCUT2D eigenvalue weighted by Crippen LogP contribution is -2.21. The van der Waals surface area contributed by atoms with E-state index >= 15 is 0 Å². The molecule has 2 aromatic carbocycles. The van der Waals surface area contributed by atoms with Crippen molar-refractivity contribution in [2.75, 3.05) is 13.2 Å². The molecular weight excluding hydrogens is 334 g/mol. The molecule has 3 nitrogen and oxygen atoms in total. The number of halogens is 1. The van der Waals surface area contributed by atoms with Gasteiger partial charge < -0.3 is 10.1 Å². The maximum absolute atomic E-state index is 11.8. The largest absolute Gasteiger partial charge is 0.488 e. The number of fused-ring (bicyclic) bond motifs is 1. The number of rotatable bonds is 3. The molecule has 25 heavy (non-hydrogen) atoms. The molecular formula is C21H16ClNO2. The van der Waals surface area contributed by atoms with Crippen molar-refractivity contribution in [1.82, 2.24) is 5.32 Å². The fourth-order valence-corrected chi connectivity index (χ4v) is 2.48. The van der Waals surface area contributed by atoms with Gasteiger partial charge in [0.1, 0.15) is 12.4 Å². The summed E-state index contributed by atoms with van der Waals surface area (Å²) in [6.45, 7) is 0.721. The molecule has 1 N–H and O–H groups in total. The second-order valence-electron chi connectivity index (χ2n) is 5.41. The number of hydrogen-bond donors (Lipinski definition) is 1. The van der Waals surface area contributed by atoms with Crippen LogP contribution in [-0.2, 0) is 4.79 Å². The van der Waals surface area contributed by atoms with E-state index in [2.05, 4.69) is 17.2 Å². The first-order chi connectivity index (χ1) is 12.2.